The Morgan fingerprint density at radius 1 is 1.33 bits per heavy atom. The molecule has 0 saturated carbocycles. The minimum absolute atomic E-state index is 0.226. The molecule has 0 atom stereocenters. The molecule has 0 aliphatic rings. The van der Waals surface area contributed by atoms with Crippen LogP contribution in [0.1, 0.15) is 12.0 Å². The molecule has 0 fully saturated rings. The van der Waals surface area contributed by atoms with Gasteiger partial charge in [0.1, 0.15) is 12.4 Å². The van der Waals surface area contributed by atoms with Gasteiger partial charge in [0.15, 0.2) is 0 Å². The molecule has 0 radical (unpaired) electrons. The van der Waals surface area contributed by atoms with Crippen LogP contribution in [-0.2, 0) is 11.3 Å². The first-order valence-corrected chi connectivity index (χ1v) is 6.97. The molecule has 0 aliphatic heterocycles. The van der Waals surface area contributed by atoms with Gasteiger partial charge in [0.25, 0.3) is 0 Å². The van der Waals surface area contributed by atoms with Gasteiger partial charge in [-0.05, 0) is 51.3 Å². The van der Waals surface area contributed by atoms with Crippen LogP contribution in [0.2, 0.25) is 0 Å². The third-order valence-corrected chi connectivity index (χ3v) is 3.08. The number of carboxylic acid groups (broad SMARTS) is 1. The quantitative estimate of drug-likeness (QED) is 0.675. The van der Waals surface area contributed by atoms with Crippen LogP contribution in [0.3, 0.4) is 0 Å². The zero-order valence-electron chi connectivity index (χ0n) is 12.9. The molecule has 2 N–H and O–H groups in total. The van der Waals surface area contributed by atoms with Crippen LogP contribution in [0.25, 0.3) is 0 Å². The fourth-order valence-corrected chi connectivity index (χ4v) is 2.00. The average molecular weight is 297 g/mol. The molecule has 0 saturated heterocycles. The number of anilines is 1. The van der Waals surface area contributed by atoms with E-state index in [1.807, 2.05) is 14.1 Å². The molecule has 1 rings (SSSR count). The second kappa shape index (κ2) is 8.59. The van der Waals surface area contributed by atoms with E-state index in [1.165, 1.54) is 11.0 Å². The highest BCUT2D eigenvalue weighted by atomic mass is 19.1. The largest absolute Gasteiger partial charge is 0.480 e. The molecule has 5 nitrogen and oxygen atoms in total. The van der Waals surface area contributed by atoms with E-state index in [0.29, 0.717) is 12.2 Å². The van der Waals surface area contributed by atoms with Gasteiger partial charge in [-0.3, -0.25) is 4.79 Å². The molecule has 0 bridgehead atoms. The van der Waals surface area contributed by atoms with Crippen molar-refractivity contribution in [3.63, 3.8) is 0 Å². The fourth-order valence-electron chi connectivity index (χ4n) is 2.00. The number of nitrogens with one attached hydrogen (secondary N) is 1. The zero-order valence-corrected chi connectivity index (χ0v) is 12.9. The number of hydrogen-bond donors (Lipinski definition) is 2. The lowest BCUT2D eigenvalue weighted by atomic mass is 10.1. The summed E-state index contributed by atoms with van der Waals surface area (Å²) in [6.07, 6.45) is 1.04. The maximum absolute atomic E-state index is 13.7. The maximum Gasteiger partial charge on any atom is 0.323 e. The standard InChI is InChI=1S/C15H24FN3O2/c1-18(2)8-4-7-17-10-12-5-6-13(16)14(9-12)19(3)11-15(20)21/h5-6,9,17H,4,7-8,10-11H2,1-3H3,(H,20,21). The Hall–Kier alpha value is -1.66. The van der Waals surface area contributed by atoms with Crippen LogP contribution in [0.5, 0.6) is 0 Å². The van der Waals surface area contributed by atoms with E-state index >= 15 is 0 Å². The molecule has 0 amide bonds. The van der Waals surface area contributed by atoms with Gasteiger partial charge in [0, 0.05) is 13.6 Å². The first-order chi connectivity index (χ1) is 9.90. The number of carboxylic acids is 1. The van der Waals surface area contributed by atoms with E-state index in [4.69, 9.17) is 5.11 Å². The van der Waals surface area contributed by atoms with Crippen molar-refractivity contribution in [2.45, 2.75) is 13.0 Å². The summed E-state index contributed by atoms with van der Waals surface area (Å²) in [5.74, 6) is -1.39. The molecule has 0 heterocycles. The molecule has 1 aromatic carbocycles. The highest BCUT2D eigenvalue weighted by molar-refractivity contribution is 5.73. The van der Waals surface area contributed by atoms with Crippen LogP contribution in [0.15, 0.2) is 18.2 Å². The van der Waals surface area contributed by atoms with Crippen molar-refractivity contribution in [2.75, 3.05) is 45.7 Å². The highest BCUT2D eigenvalue weighted by Crippen LogP contribution is 2.19. The molecular formula is C15H24FN3O2. The van der Waals surface area contributed by atoms with Gasteiger partial charge in [0.05, 0.1) is 5.69 Å². The number of benzene rings is 1. The lowest BCUT2D eigenvalue weighted by Crippen LogP contribution is -2.26. The monoisotopic (exact) mass is 297 g/mol. The van der Waals surface area contributed by atoms with Crippen molar-refractivity contribution in [2.24, 2.45) is 0 Å². The first-order valence-electron chi connectivity index (χ1n) is 6.97. The van der Waals surface area contributed by atoms with Crippen molar-refractivity contribution in [1.29, 1.82) is 0 Å². The third-order valence-electron chi connectivity index (χ3n) is 3.08. The number of rotatable bonds is 9. The Balaban J connectivity index is 2.54. The number of halogens is 1. The summed E-state index contributed by atoms with van der Waals surface area (Å²) in [4.78, 5) is 14.2. The number of hydrogen-bond acceptors (Lipinski definition) is 4. The lowest BCUT2D eigenvalue weighted by molar-refractivity contribution is -0.135. The van der Waals surface area contributed by atoms with Crippen LogP contribution in [-0.4, -0.2) is 56.8 Å². The number of likely N-dealkylation sites (N-methyl/N-ethyl adjacent to an activating group) is 1. The smallest absolute Gasteiger partial charge is 0.323 e. The van der Waals surface area contributed by atoms with Crippen molar-refractivity contribution in [3.05, 3.63) is 29.6 Å². The fraction of sp³-hybridized carbons (Fsp3) is 0.533. The van der Waals surface area contributed by atoms with Gasteiger partial charge in [-0.1, -0.05) is 6.07 Å². The predicted molar refractivity (Wildman–Crippen MR) is 82.2 cm³/mol. The number of aliphatic carboxylic acids is 1. The van der Waals surface area contributed by atoms with Crippen LogP contribution < -0.4 is 10.2 Å². The molecule has 0 aliphatic carbocycles. The molecule has 1 aromatic rings. The Labute approximate surface area is 125 Å². The van der Waals surface area contributed by atoms with E-state index in [-0.39, 0.29) is 6.54 Å². The second-order valence-electron chi connectivity index (χ2n) is 5.37. The average Bonchev–Trinajstić information content (AvgIpc) is 2.38. The molecule has 0 unspecified atom stereocenters. The molecule has 6 heteroatoms. The first kappa shape index (κ1) is 17.4. The van der Waals surface area contributed by atoms with Gasteiger partial charge in [-0.15, -0.1) is 0 Å². The minimum Gasteiger partial charge on any atom is -0.480 e. The van der Waals surface area contributed by atoms with Gasteiger partial charge in [-0.2, -0.15) is 0 Å². The summed E-state index contributed by atoms with van der Waals surface area (Å²) in [6.45, 7) is 2.32. The second-order valence-corrected chi connectivity index (χ2v) is 5.37. The highest BCUT2D eigenvalue weighted by Gasteiger charge is 2.11. The van der Waals surface area contributed by atoms with Crippen LogP contribution in [0.4, 0.5) is 10.1 Å². The molecule has 21 heavy (non-hydrogen) atoms. The SMILES string of the molecule is CN(C)CCCNCc1ccc(F)c(N(C)CC(=O)O)c1. The number of nitrogens with zero attached hydrogens (tertiary/aromatic N) is 2. The number of carbonyl (C=O) groups is 1. The van der Waals surface area contributed by atoms with Gasteiger partial charge < -0.3 is 20.2 Å². The molecule has 118 valence electrons. The normalized spacial score (nSPS) is 10.9. The summed E-state index contributed by atoms with van der Waals surface area (Å²) in [5, 5.41) is 12.1. The van der Waals surface area contributed by atoms with Crippen molar-refractivity contribution in [3.8, 4) is 0 Å². The van der Waals surface area contributed by atoms with E-state index in [0.717, 1.165) is 25.1 Å². The lowest BCUT2D eigenvalue weighted by Gasteiger charge is -2.18. The van der Waals surface area contributed by atoms with Crippen molar-refractivity contribution in [1.82, 2.24) is 10.2 Å². The Morgan fingerprint density at radius 3 is 2.67 bits per heavy atom. The molecule has 0 aromatic heterocycles. The van der Waals surface area contributed by atoms with Gasteiger partial charge >= 0.3 is 5.97 Å². The van der Waals surface area contributed by atoms with Crippen molar-refractivity contribution >= 4 is 11.7 Å². The third kappa shape index (κ3) is 6.55. The minimum atomic E-state index is -0.982. The topological polar surface area (TPSA) is 55.8 Å². The van der Waals surface area contributed by atoms with E-state index in [9.17, 15) is 9.18 Å². The summed E-state index contributed by atoms with van der Waals surface area (Å²) in [6, 6.07) is 4.79. The maximum atomic E-state index is 13.7. The Kier molecular flexibility index (Phi) is 7.11. The summed E-state index contributed by atoms with van der Waals surface area (Å²) >= 11 is 0. The van der Waals surface area contributed by atoms with Crippen LogP contribution in [0, 0.1) is 5.82 Å². The van der Waals surface area contributed by atoms with Crippen LogP contribution >= 0.6 is 0 Å². The predicted octanol–water partition coefficient (Wildman–Crippen LogP) is 1.39. The summed E-state index contributed by atoms with van der Waals surface area (Å²) < 4.78 is 13.7. The Morgan fingerprint density at radius 2 is 2.05 bits per heavy atom. The van der Waals surface area contributed by atoms with Gasteiger partial charge in [-0.25, -0.2) is 4.39 Å². The molecule has 0 spiro atoms. The van der Waals surface area contributed by atoms with Gasteiger partial charge in [0.2, 0.25) is 0 Å². The Bertz CT molecular complexity index is 466. The van der Waals surface area contributed by atoms with E-state index < -0.39 is 11.8 Å². The zero-order chi connectivity index (χ0) is 15.8. The van der Waals surface area contributed by atoms with E-state index in [1.54, 1.807) is 19.2 Å². The summed E-state index contributed by atoms with van der Waals surface area (Å²) in [7, 11) is 5.63. The molecular weight excluding hydrogens is 273 g/mol. The summed E-state index contributed by atoms with van der Waals surface area (Å²) in [5.41, 5.74) is 1.25. The van der Waals surface area contributed by atoms with Crippen molar-refractivity contribution < 1.29 is 14.3 Å². The van der Waals surface area contributed by atoms with E-state index in [2.05, 4.69) is 10.2 Å².